The molecule has 2 N–H and O–H groups in total. The molecule has 152 valence electrons. The fourth-order valence-electron chi connectivity index (χ4n) is 3.07. The Balaban J connectivity index is 1.57. The number of hydrazone groups is 1. The molecule has 0 heterocycles. The Kier molecular flexibility index (Phi) is 6.30. The molecule has 0 aliphatic heterocycles. The molecule has 4 aromatic rings. The Bertz CT molecular complexity index is 1240. The highest BCUT2D eigenvalue weighted by Gasteiger charge is 2.13. The summed E-state index contributed by atoms with van der Waals surface area (Å²) < 4.78 is 5.69. The predicted molar refractivity (Wildman–Crippen MR) is 129 cm³/mol. The molecule has 31 heavy (non-hydrogen) atoms. The minimum atomic E-state index is -0.431. The zero-order valence-corrected chi connectivity index (χ0v) is 17.3. The summed E-state index contributed by atoms with van der Waals surface area (Å²) in [5, 5.41) is 9.58. The van der Waals surface area contributed by atoms with Gasteiger partial charge in [0.2, 0.25) is 0 Å². The number of rotatable bonds is 5. The van der Waals surface area contributed by atoms with Crippen LogP contribution in [0.15, 0.2) is 102 Å². The van der Waals surface area contributed by atoms with Gasteiger partial charge in [0.1, 0.15) is 5.75 Å². The second-order valence-electron chi connectivity index (χ2n) is 6.64. The molecule has 6 heteroatoms. The minimum Gasteiger partial charge on any atom is -0.422 e. The third-order valence-corrected chi connectivity index (χ3v) is 4.73. The molecule has 0 amide bonds. The Morgan fingerprint density at radius 3 is 2.29 bits per heavy atom. The fourth-order valence-corrected chi connectivity index (χ4v) is 3.24. The van der Waals surface area contributed by atoms with Gasteiger partial charge in [0.25, 0.3) is 0 Å². The van der Waals surface area contributed by atoms with E-state index in [1.165, 1.54) is 0 Å². The van der Waals surface area contributed by atoms with Gasteiger partial charge in [-0.1, -0.05) is 66.7 Å². The van der Waals surface area contributed by atoms with Crippen LogP contribution >= 0.6 is 12.2 Å². The van der Waals surface area contributed by atoms with E-state index in [2.05, 4.69) is 15.8 Å². The molecular formula is C25H19N3O2S. The summed E-state index contributed by atoms with van der Waals surface area (Å²) >= 11 is 5.29. The van der Waals surface area contributed by atoms with Gasteiger partial charge < -0.3 is 10.1 Å². The topological polar surface area (TPSA) is 62.7 Å². The summed E-state index contributed by atoms with van der Waals surface area (Å²) in [4.78, 5) is 12.6. The van der Waals surface area contributed by atoms with Gasteiger partial charge in [0.05, 0.1) is 11.8 Å². The Morgan fingerprint density at radius 1 is 0.839 bits per heavy atom. The van der Waals surface area contributed by atoms with Crippen LogP contribution in [0.3, 0.4) is 0 Å². The molecule has 0 aliphatic carbocycles. The van der Waals surface area contributed by atoms with E-state index in [9.17, 15) is 4.79 Å². The molecule has 0 radical (unpaired) electrons. The number of nitrogens with one attached hydrogen (secondary N) is 2. The summed E-state index contributed by atoms with van der Waals surface area (Å²) in [5.74, 6) is -0.0141. The van der Waals surface area contributed by atoms with Gasteiger partial charge in [-0.05, 0) is 53.3 Å². The van der Waals surface area contributed by atoms with Crippen molar-refractivity contribution in [1.29, 1.82) is 0 Å². The number of fused-ring (bicyclic) bond motifs is 1. The predicted octanol–water partition coefficient (Wildman–Crippen LogP) is 5.38. The van der Waals surface area contributed by atoms with Crippen LogP contribution in [0.4, 0.5) is 5.69 Å². The largest absolute Gasteiger partial charge is 0.422 e. The monoisotopic (exact) mass is 425 g/mol. The van der Waals surface area contributed by atoms with Crippen molar-refractivity contribution in [2.75, 3.05) is 5.32 Å². The average Bonchev–Trinajstić information content (AvgIpc) is 2.81. The number of benzene rings is 4. The van der Waals surface area contributed by atoms with Crippen LogP contribution in [-0.4, -0.2) is 17.3 Å². The number of carbonyl (C=O) groups excluding carboxylic acids is 1. The summed E-state index contributed by atoms with van der Waals surface area (Å²) in [5.41, 5.74) is 4.82. The second-order valence-corrected chi connectivity index (χ2v) is 7.05. The molecule has 0 bridgehead atoms. The third-order valence-electron chi connectivity index (χ3n) is 4.53. The normalized spacial score (nSPS) is 10.7. The fraction of sp³-hybridized carbons (Fsp3) is 0. The van der Waals surface area contributed by atoms with E-state index >= 15 is 0 Å². The molecule has 0 atom stereocenters. The van der Waals surface area contributed by atoms with Gasteiger partial charge in [-0.3, -0.25) is 5.43 Å². The summed E-state index contributed by atoms with van der Waals surface area (Å²) in [6, 6.07) is 30.0. The average molecular weight is 426 g/mol. The first-order valence-corrected chi connectivity index (χ1v) is 10.1. The number of nitrogens with zero attached hydrogens (tertiary/aromatic N) is 1. The van der Waals surface area contributed by atoms with E-state index in [1.54, 1.807) is 36.5 Å². The van der Waals surface area contributed by atoms with Crippen molar-refractivity contribution in [2.24, 2.45) is 5.10 Å². The highest BCUT2D eigenvalue weighted by Crippen LogP contribution is 2.27. The minimum absolute atomic E-state index is 0.352. The molecule has 0 saturated heterocycles. The smallest absolute Gasteiger partial charge is 0.343 e. The molecule has 5 nitrogen and oxygen atoms in total. The molecule has 0 aliphatic rings. The Morgan fingerprint density at radius 2 is 1.52 bits per heavy atom. The molecule has 0 unspecified atom stereocenters. The van der Waals surface area contributed by atoms with Crippen molar-refractivity contribution >= 4 is 46.0 Å². The van der Waals surface area contributed by atoms with E-state index in [0.29, 0.717) is 22.0 Å². The number of hydrogen-bond donors (Lipinski definition) is 2. The van der Waals surface area contributed by atoms with Crippen molar-refractivity contribution in [2.45, 2.75) is 0 Å². The first kappa shape index (κ1) is 20.3. The molecule has 0 spiro atoms. The lowest BCUT2D eigenvalue weighted by molar-refractivity contribution is 0.0734. The van der Waals surface area contributed by atoms with Crippen LogP contribution in [-0.2, 0) is 0 Å². The van der Waals surface area contributed by atoms with E-state index < -0.39 is 5.97 Å². The van der Waals surface area contributed by atoms with Crippen LogP contribution in [0.2, 0.25) is 0 Å². The molecule has 0 fully saturated rings. The van der Waals surface area contributed by atoms with Crippen molar-refractivity contribution < 1.29 is 9.53 Å². The van der Waals surface area contributed by atoms with Gasteiger partial charge >= 0.3 is 5.97 Å². The molecular weight excluding hydrogens is 406 g/mol. The lowest BCUT2D eigenvalue weighted by atomic mass is 10.0. The number of anilines is 1. The zero-order valence-electron chi connectivity index (χ0n) is 16.5. The van der Waals surface area contributed by atoms with Crippen molar-refractivity contribution in [1.82, 2.24) is 5.43 Å². The van der Waals surface area contributed by atoms with Crippen molar-refractivity contribution in [3.05, 3.63) is 108 Å². The highest BCUT2D eigenvalue weighted by molar-refractivity contribution is 7.80. The number of carbonyl (C=O) groups is 1. The van der Waals surface area contributed by atoms with E-state index in [1.807, 2.05) is 66.7 Å². The Labute approximate surface area is 185 Å². The van der Waals surface area contributed by atoms with Gasteiger partial charge in [0, 0.05) is 11.3 Å². The lowest BCUT2D eigenvalue weighted by Gasteiger charge is -2.11. The number of esters is 1. The Hall–Kier alpha value is -4.03. The quantitative estimate of drug-likeness (QED) is 0.148. The summed E-state index contributed by atoms with van der Waals surface area (Å²) in [6.07, 6.45) is 1.61. The SMILES string of the molecule is O=C(Oc1ccc2ccccc2c1C=NNC(=S)Nc1ccccc1)c1ccccc1. The van der Waals surface area contributed by atoms with Crippen LogP contribution in [0.25, 0.3) is 10.8 Å². The number of ether oxygens (including phenoxy) is 1. The van der Waals surface area contributed by atoms with E-state index in [-0.39, 0.29) is 0 Å². The van der Waals surface area contributed by atoms with Gasteiger partial charge in [-0.2, -0.15) is 5.10 Å². The second kappa shape index (κ2) is 9.65. The number of para-hydroxylation sites is 1. The summed E-state index contributed by atoms with van der Waals surface area (Å²) in [7, 11) is 0. The van der Waals surface area contributed by atoms with Crippen LogP contribution in [0.1, 0.15) is 15.9 Å². The standard InChI is InChI=1S/C25H19N3O2S/c29-24(19-10-3-1-4-11-19)30-23-16-15-18-9-7-8-14-21(18)22(23)17-26-28-25(31)27-20-12-5-2-6-13-20/h1-17H,(H2,27,28,31). The summed E-state index contributed by atoms with van der Waals surface area (Å²) in [6.45, 7) is 0. The van der Waals surface area contributed by atoms with Gasteiger partial charge in [-0.15, -0.1) is 0 Å². The van der Waals surface area contributed by atoms with Crippen LogP contribution in [0, 0.1) is 0 Å². The number of thiocarbonyl (C=S) groups is 1. The van der Waals surface area contributed by atoms with Gasteiger partial charge in [0.15, 0.2) is 5.11 Å². The highest BCUT2D eigenvalue weighted by atomic mass is 32.1. The molecule has 4 rings (SSSR count). The first-order valence-electron chi connectivity index (χ1n) is 9.65. The van der Waals surface area contributed by atoms with Gasteiger partial charge in [-0.25, -0.2) is 4.79 Å². The molecule has 4 aromatic carbocycles. The van der Waals surface area contributed by atoms with Crippen molar-refractivity contribution in [3.8, 4) is 5.75 Å². The van der Waals surface area contributed by atoms with Crippen molar-refractivity contribution in [3.63, 3.8) is 0 Å². The molecule has 0 saturated carbocycles. The van der Waals surface area contributed by atoms with Crippen LogP contribution in [0.5, 0.6) is 5.75 Å². The van der Waals surface area contributed by atoms with E-state index in [4.69, 9.17) is 17.0 Å². The zero-order chi connectivity index (χ0) is 21.5. The third kappa shape index (κ3) is 5.12. The van der Waals surface area contributed by atoms with E-state index in [0.717, 1.165) is 16.5 Å². The lowest BCUT2D eigenvalue weighted by Crippen LogP contribution is -2.23. The first-order chi connectivity index (χ1) is 15.2. The maximum Gasteiger partial charge on any atom is 0.343 e. The van der Waals surface area contributed by atoms with Crippen LogP contribution < -0.4 is 15.5 Å². The maximum atomic E-state index is 12.6. The number of hydrogen-bond acceptors (Lipinski definition) is 4. The molecule has 0 aromatic heterocycles. The maximum absolute atomic E-state index is 12.6.